The van der Waals surface area contributed by atoms with Crippen molar-refractivity contribution >= 4 is 11.8 Å². The summed E-state index contributed by atoms with van der Waals surface area (Å²) in [6.07, 6.45) is 0.270. The second kappa shape index (κ2) is 4.72. The van der Waals surface area contributed by atoms with Crippen LogP contribution in [0.15, 0.2) is 0 Å². The first-order valence-electron chi connectivity index (χ1n) is 5.02. The van der Waals surface area contributed by atoms with Crippen molar-refractivity contribution < 1.29 is 19.4 Å². The lowest BCUT2D eigenvalue weighted by molar-refractivity contribution is -0.141. The average Bonchev–Trinajstić information content (AvgIpc) is 2.33. The van der Waals surface area contributed by atoms with Crippen LogP contribution in [-0.4, -0.2) is 48.2 Å². The molecule has 15 heavy (non-hydrogen) atoms. The summed E-state index contributed by atoms with van der Waals surface area (Å²) >= 11 is 0. The molecule has 1 aliphatic heterocycles. The van der Waals surface area contributed by atoms with Crippen LogP contribution < -0.4 is 0 Å². The normalized spacial score (nSPS) is 20.1. The average molecular weight is 215 g/mol. The lowest BCUT2D eigenvalue weighted by atomic mass is 9.92. The van der Waals surface area contributed by atoms with Gasteiger partial charge in [0.2, 0.25) is 11.8 Å². The standard InChI is InChI=1S/C10H17NO4/c1-10(2)7-8(13)11(9(10)14)3-5-15-6-4-12/h12H,3-7H2,1-2H3. The minimum Gasteiger partial charge on any atom is -0.394 e. The topological polar surface area (TPSA) is 66.8 Å². The Morgan fingerprint density at radius 1 is 1.40 bits per heavy atom. The highest BCUT2D eigenvalue weighted by Gasteiger charge is 2.44. The highest BCUT2D eigenvalue weighted by molar-refractivity contribution is 6.05. The van der Waals surface area contributed by atoms with Crippen LogP contribution in [-0.2, 0) is 14.3 Å². The van der Waals surface area contributed by atoms with Crippen molar-refractivity contribution in [3.63, 3.8) is 0 Å². The third-order valence-corrected chi connectivity index (χ3v) is 2.41. The second-order valence-corrected chi connectivity index (χ2v) is 4.25. The number of likely N-dealkylation sites (tertiary alicyclic amines) is 1. The van der Waals surface area contributed by atoms with Crippen LogP contribution >= 0.6 is 0 Å². The summed E-state index contributed by atoms with van der Waals surface area (Å²) in [5.74, 6) is -0.280. The molecule has 2 amide bonds. The highest BCUT2D eigenvalue weighted by atomic mass is 16.5. The van der Waals surface area contributed by atoms with Gasteiger partial charge in [-0.25, -0.2) is 0 Å². The van der Waals surface area contributed by atoms with Crippen LogP contribution in [0.2, 0.25) is 0 Å². The van der Waals surface area contributed by atoms with Gasteiger partial charge >= 0.3 is 0 Å². The molecule has 1 N–H and O–H groups in total. The van der Waals surface area contributed by atoms with E-state index in [1.54, 1.807) is 13.8 Å². The number of carbonyl (C=O) groups is 2. The van der Waals surface area contributed by atoms with E-state index in [0.717, 1.165) is 0 Å². The Morgan fingerprint density at radius 3 is 2.53 bits per heavy atom. The number of carbonyl (C=O) groups excluding carboxylic acids is 2. The highest BCUT2D eigenvalue weighted by Crippen LogP contribution is 2.31. The quantitative estimate of drug-likeness (QED) is 0.508. The number of nitrogens with zero attached hydrogens (tertiary/aromatic N) is 1. The zero-order chi connectivity index (χ0) is 11.5. The van der Waals surface area contributed by atoms with Crippen molar-refractivity contribution in [2.45, 2.75) is 20.3 Å². The van der Waals surface area contributed by atoms with Crippen molar-refractivity contribution in [1.82, 2.24) is 4.90 Å². The molecular formula is C10H17NO4. The van der Waals surface area contributed by atoms with Gasteiger partial charge in [-0.05, 0) is 0 Å². The van der Waals surface area contributed by atoms with Crippen molar-refractivity contribution in [2.24, 2.45) is 5.41 Å². The third kappa shape index (κ3) is 2.76. The molecule has 0 radical (unpaired) electrons. The Labute approximate surface area is 89.0 Å². The van der Waals surface area contributed by atoms with E-state index in [0.29, 0.717) is 0 Å². The Kier molecular flexibility index (Phi) is 3.82. The Bertz CT molecular complexity index is 262. The van der Waals surface area contributed by atoms with Gasteiger partial charge in [0.1, 0.15) is 0 Å². The van der Waals surface area contributed by atoms with Crippen molar-refractivity contribution in [2.75, 3.05) is 26.4 Å². The second-order valence-electron chi connectivity index (χ2n) is 4.25. The van der Waals surface area contributed by atoms with Gasteiger partial charge in [-0.3, -0.25) is 14.5 Å². The van der Waals surface area contributed by atoms with Crippen LogP contribution in [0.25, 0.3) is 0 Å². The number of imide groups is 1. The van der Waals surface area contributed by atoms with Gasteiger partial charge in [0, 0.05) is 6.42 Å². The maximum absolute atomic E-state index is 11.7. The molecule has 0 unspecified atom stereocenters. The molecule has 1 heterocycles. The van der Waals surface area contributed by atoms with E-state index in [9.17, 15) is 9.59 Å². The molecule has 0 bridgehead atoms. The van der Waals surface area contributed by atoms with E-state index in [2.05, 4.69) is 0 Å². The van der Waals surface area contributed by atoms with Crippen LogP contribution in [0.1, 0.15) is 20.3 Å². The van der Waals surface area contributed by atoms with Gasteiger partial charge < -0.3 is 9.84 Å². The minimum absolute atomic E-state index is 0.0482. The lowest BCUT2D eigenvalue weighted by Crippen LogP contribution is -2.35. The monoisotopic (exact) mass is 215 g/mol. The van der Waals surface area contributed by atoms with E-state index < -0.39 is 5.41 Å². The Balaban J connectivity index is 2.42. The molecule has 0 aromatic rings. The molecule has 1 aliphatic rings. The number of hydrogen-bond acceptors (Lipinski definition) is 4. The van der Waals surface area contributed by atoms with E-state index in [4.69, 9.17) is 9.84 Å². The Hall–Kier alpha value is -0.940. The molecular weight excluding hydrogens is 198 g/mol. The zero-order valence-corrected chi connectivity index (χ0v) is 9.15. The minimum atomic E-state index is -0.575. The first-order chi connectivity index (χ1) is 6.99. The summed E-state index contributed by atoms with van der Waals surface area (Å²) in [7, 11) is 0. The maximum Gasteiger partial charge on any atom is 0.235 e. The number of ether oxygens (including phenoxy) is 1. The largest absolute Gasteiger partial charge is 0.394 e. The summed E-state index contributed by atoms with van der Waals surface area (Å²) in [5.41, 5.74) is -0.575. The fraction of sp³-hybridized carbons (Fsp3) is 0.800. The fourth-order valence-electron chi connectivity index (χ4n) is 1.58. The van der Waals surface area contributed by atoms with E-state index in [1.165, 1.54) is 4.90 Å². The molecule has 86 valence electrons. The van der Waals surface area contributed by atoms with E-state index in [1.807, 2.05) is 0 Å². The molecule has 5 nitrogen and oxygen atoms in total. The molecule has 5 heteroatoms. The van der Waals surface area contributed by atoms with Crippen molar-refractivity contribution in [1.29, 1.82) is 0 Å². The Morgan fingerprint density at radius 2 is 2.07 bits per heavy atom. The zero-order valence-electron chi connectivity index (χ0n) is 9.15. The number of aliphatic hydroxyl groups excluding tert-OH is 1. The van der Waals surface area contributed by atoms with E-state index in [-0.39, 0.29) is 44.6 Å². The number of hydrogen-bond donors (Lipinski definition) is 1. The smallest absolute Gasteiger partial charge is 0.235 e. The van der Waals surface area contributed by atoms with Crippen LogP contribution in [0.5, 0.6) is 0 Å². The van der Waals surface area contributed by atoms with Gasteiger partial charge in [-0.15, -0.1) is 0 Å². The van der Waals surface area contributed by atoms with Gasteiger partial charge in [0.15, 0.2) is 0 Å². The van der Waals surface area contributed by atoms with Crippen LogP contribution in [0.4, 0.5) is 0 Å². The van der Waals surface area contributed by atoms with Crippen molar-refractivity contribution in [3.8, 4) is 0 Å². The molecule has 1 fully saturated rings. The number of aliphatic hydroxyl groups is 1. The summed E-state index contributed by atoms with van der Waals surface area (Å²) in [4.78, 5) is 24.4. The molecule has 0 aromatic carbocycles. The molecule has 0 atom stereocenters. The molecule has 0 aliphatic carbocycles. The first-order valence-corrected chi connectivity index (χ1v) is 5.02. The lowest BCUT2D eigenvalue weighted by Gasteiger charge is -2.17. The molecule has 1 rings (SSSR count). The van der Waals surface area contributed by atoms with Crippen molar-refractivity contribution in [3.05, 3.63) is 0 Å². The SMILES string of the molecule is CC1(C)CC(=O)N(CCOCCO)C1=O. The van der Waals surface area contributed by atoms with Gasteiger partial charge in [0.25, 0.3) is 0 Å². The van der Waals surface area contributed by atoms with Gasteiger partial charge in [-0.1, -0.05) is 13.8 Å². The molecule has 0 saturated carbocycles. The van der Waals surface area contributed by atoms with Crippen LogP contribution in [0.3, 0.4) is 0 Å². The van der Waals surface area contributed by atoms with Gasteiger partial charge in [0.05, 0.1) is 31.8 Å². The summed E-state index contributed by atoms with van der Waals surface area (Å²) in [6, 6.07) is 0. The fourth-order valence-corrected chi connectivity index (χ4v) is 1.58. The van der Waals surface area contributed by atoms with E-state index >= 15 is 0 Å². The van der Waals surface area contributed by atoms with Gasteiger partial charge in [-0.2, -0.15) is 0 Å². The van der Waals surface area contributed by atoms with Crippen LogP contribution in [0, 0.1) is 5.41 Å². The summed E-state index contributed by atoms with van der Waals surface area (Å²) in [6.45, 7) is 4.28. The first kappa shape index (κ1) is 12.1. The molecule has 1 saturated heterocycles. The number of amides is 2. The number of rotatable bonds is 5. The third-order valence-electron chi connectivity index (χ3n) is 2.41. The molecule has 0 aromatic heterocycles. The predicted octanol–water partition coefficient (Wildman–Crippen LogP) is -0.220. The summed E-state index contributed by atoms with van der Waals surface area (Å²) in [5, 5.41) is 8.47. The summed E-state index contributed by atoms with van der Waals surface area (Å²) < 4.78 is 5.01. The molecule has 0 spiro atoms. The maximum atomic E-state index is 11.7. The predicted molar refractivity (Wildman–Crippen MR) is 53.0 cm³/mol.